The summed E-state index contributed by atoms with van der Waals surface area (Å²) in [5, 5.41) is 0.737. The van der Waals surface area contributed by atoms with Gasteiger partial charge in [0, 0.05) is 37.7 Å². The van der Waals surface area contributed by atoms with Crippen LogP contribution in [0.2, 0.25) is 5.02 Å². The molecule has 1 fully saturated rings. The summed E-state index contributed by atoms with van der Waals surface area (Å²) < 4.78 is 18.7. The quantitative estimate of drug-likeness (QED) is 0.800. The van der Waals surface area contributed by atoms with Gasteiger partial charge in [0.1, 0.15) is 11.6 Å². The maximum absolute atomic E-state index is 13.1. The second-order valence-electron chi connectivity index (χ2n) is 6.48. The Hall–Kier alpha value is -2.11. The molecule has 0 aromatic heterocycles. The molecule has 0 saturated carbocycles. The average molecular weight is 377 g/mol. The van der Waals surface area contributed by atoms with E-state index < -0.39 is 0 Å². The highest BCUT2D eigenvalue weighted by Gasteiger charge is 2.21. The lowest BCUT2D eigenvalue weighted by molar-refractivity contribution is -0.135. The van der Waals surface area contributed by atoms with Gasteiger partial charge in [0.2, 0.25) is 0 Å². The van der Waals surface area contributed by atoms with Gasteiger partial charge in [-0.3, -0.25) is 9.69 Å². The monoisotopic (exact) mass is 376 g/mol. The minimum Gasteiger partial charge on any atom is -0.483 e. The molecule has 0 N–H and O–H groups in total. The van der Waals surface area contributed by atoms with Crippen LogP contribution in [-0.2, 0) is 11.3 Å². The van der Waals surface area contributed by atoms with E-state index in [1.807, 2.05) is 29.2 Å². The van der Waals surface area contributed by atoms with Gasteiger partial charge in [-0.05, 0) is 48.4 Å². The molecule has 1 amide bonds. The van der Waals surface area contributed by atoms with Crippen LogP contribution >= 0.6 is 11.6 Å². The van der Waals surface area contributed by atoms with E-state index in [1.165, 1.54) is 17.7 Å². The molecule has 4 nitrogen and oxygen atoms in total. The fourth-order valence-electron chi connectivity index (χ4n) is 3.01. The number of amides is 1. The van der Waals surface area contributed by atoms with E-state index in [-0.39, 0.29) is 18.3 Å². The Bertz CT molecular complexity index is 759. The van der Waals surface area contributed by atoms with Crippen LogP contribution in [0.15, 0.2) is 42.5 Å². The number of piperazine rings is 1. The number of carbonyl (C=O) groups is 1. The summed E-state index contributed by atoms with van der Waals surface area (Å²) in [5.41, 5.74) is 1.90. The third-order valence-corrected chi connectivity index (χ3v) is 4.78. The molecule has 1 heterocycles. The minimum atomic E-state index is -0.307. The molecule has 1 aliphatic rings. The van der Waals surface area contributed by atoms with Crippen molar-refractivity contribution in [1.29, 1.82) is 0 Å². The summed E-state index contributed by atoms with van der Waals surface area (Å²) in [7, 11) is 0. The van der Waals surface area contributed by atoms with Crippen LogP contribution in [0.25, 0.3) is 0 Å². The Morgan fingerprint density at radius 2 is 1.81 bits per heavy atom. The Labute approximate surface area is 158 Å². The van der Waals surface area contributed by atoms with Crippen molar-refractivity contribution in [3.63, 3.8) is 0 Å². The van der Waals surface area contributed by atoms with Gasteiger partial charge >= 0.3 is 0 Å². The van der Waals surface area contributed by atoms with Gasteiger partial charge in [-0.1, -0.05) is 23.7 Å². The van der Waals surface area contributed by atoms with Gasteiger partial charge in [0.05, 0.1) is 0 Å². The maximum atomic E-state index is 13.1. The zero-order valence-corrected chi connectivity index (χ0v) is 15.5. The highest BCUT2D eigenvalue weighted by molar-refractivity contribution is 6.30. The Morgan fingerprint density at radius 3 is 2.46 bits per heavy atom. The molecule has 138 valence electrons. The van der Waals surface area contributed by atoms with Crippen molar-refractivity contribution in [2.75, 3.05) is 32.8 Å². The molecule has 6 heteroatoms. The first-order valence-corrected chi connectivity index (χ1v) is 9.02. The molecule has 0 radical (unpaired) electrons. The van der Waals surface area contributed by atoms with E-state index in [1.54, 1.807) is 13.0 Å². The molecule has 0 bridgehead atoms. The number of aryl methyl sites for hydroxylation is 1. The zero-order chi connectivity index (χ0) is 18.5. The molecule has 0 atom stereocenters. The average Bonchev–Trinajstić information content (AvgIpc) is 2.63. The molecule has 1 saturated heterocycles. The van der Waals surface area contributed by atoms with E-state index in [4.69, 9.17) is 16.3 Å². The third-order valence-electron chi connectivity index (χ3n) is 4.53. The molecular formula is C20H22ClFN2O2. The van der Waals surface area contributed by atoms with Crippen LogP contribution in [0.1, 0.15) is 11.1 Å². The smallest absolute Gasteiger partial charge is 0.260 e. The molecule has 0 unspecified atom stereocenters. The van der Waals surface area contributed by atoms with E-state index in [0.29, 0.717) is 24.4 Å². The number of nitrogens with zero attached hydrogens (tertiary/aromatic N) is 2. The first kappa shape index (κ1) is 18.7. The van der Waals surface area contributed by atoms with Crippen LogP contribution in [0.5, 0.6) is 5.75 Å². The van der Waals surface area contributed by atoms with Gasteiger partial charge in [0.15, 0.2) is 6.61 Å². The summed E-state index contributed by atoms with van der Waals surface area (Å²) in [6.07, 6.45) is 0. The summed E-state index contributed by atoms with van der Waals surface area (Å²) in [6, 6.07) is 12.1. The van der Waals surface area contributed by atoms with Crippen molar-refractivity contribution in [3.8, 4) is 5.75 Å². The van der Waals surface area contributed by atoms with Gasteiger partial charge in [-0.2, -0.15) is 0 Å². The van der Waals surface area contributed by atoms with Crippen LogP contribution in [0, 0.1) is 12.7 Å². The predicted octanol–water partition coefficient (Wildman–Crippen LogP) is 3.51. The van der Waals surface area contributed by atoms with E-state index in [2.05, 4.69) is 4.90 Å². The summed E-state index contributed by atoms with van der Waals surface area (Å²) in [4.78, 5) is 16.5. The van der Waals surface area contributed by atoms with Crippen molar-refractivity contribution in [2.24, 2.45) is 0 Å². The van der Waals surface area contributed by atoms with Crippen molar-refractivity contribution < 1.29 is 13.9 Å². The second-order valence-corrected chi connectivity index (χ2v) is 6.92. The van der Waals surface area contributed by atoms with Gasteiger partial charge < -0.3 is 9.64 Å². The normalized spacial score (nSPS) is 15.1. The van der Waals surface area contributed by atoms with Crippen LogP contribution in [0.4, 0.5) is 4.39 Å². The first-order chi connectivity index (χ1) is 12.5. The molecule has 0 aliphatic carbocycles. The highest BCUT2D eigenvalue weighted by atomic mass is 35.5. The molecule has 2 aromatic rings. The lowest BCUT2D eigenvalue weighted by Crippen LogP contribution is -2.49. The van der Waals surface area contributed by atoms with Crippen LogP contribution < -0.4 is 4.74 Å². The second kappa shape index (κ2) is 8.52. The van der Waals surface area contributed by atoms with Crippen molar-refractivity contribution >= 4 is 17.5 Å². The van der Waals surface area contributed by atoms with E-state index >= 15 is 0 Å². The van der Waals surface area contributed by atoms with Gasteiger partial charge in [-0.25, -0.2) is 4.39 Å². The Balaban J connectivity index is 1.45. The topological polar surface area (TPSA) is 32.8 Å². The molecule has 2 aromatic carbocycles. The number of hydrogen-bond donors (Lipinski definition) is 0. The van der Waals surface area contributed by atoms with Gasteiger partial charge in [0.25, 0.3) is 5.91 Å². The van der Waals surface area contributed by atoms with E-state index in [9.17, 15) is 9.18 Å². The fraction of sp³-hybridized carbons (Fsp3) is 0.350. The fourth-order valence-corrected chi connectivity index (χ4v) is 3.13. The molecule has 3 rings (SSSR count). The third kappa shape index (κ3) is 4.96. The standard InChI is InChI=1S/C20H22ClFN2O2/c1-15-12-18(22)6-7-19(15)26-14-20(25)24-10-8-23(9-11-24)13-16-2-4-17(21)5-3-16/h2-7,12H,8-11,13-14H2,1H3. The number of ether oxygens (including phenoxy) is 1. The predicted molar refractivity (Wildman–Crippen MR) is 99.9 cm³/mol. The Kier molecular flexibility index (Phi) is 6.12. The number of benzene rings is 2. The van der Waals surface area contributed by atoms with Gasteiger partial charge in [-0.15, -0.1) is 0 Å². The van der Waals surface area contributed by atoms with Crippen molar-refractivity contribution in [1.82, 2.24) is 9.80 Å². The SMILES string of the molecule is Cc1cc(F)ccc1OCC(=O)N1CCN(Cc2ccc(Cl)cc2)CC1. The lowest BCUT2D eigenvalue weighted by Gasteiger charge is -2.34. The summed E-state index contributed by atoms with van der Waals surface area (Å²) >= 11 is 5.91. The number of carbonyl (C=O) groups excluding carboxylic acids is 1. The lowest BCUT2D eigenvalue weighted by atomic mass is 10.2. The molecule has 26 heavy (non-hydrogen) atoms. The largest absolute Gasteiger partial charge is 0.483 e. The highest BCUT2D eigenvalue weighted by Crippen LogP contribution is 2.18. The summed E-state index contributed by atoms with van der Waals surface area (Å²) in [6.45, 7) is 5.59. The number of halogens is 2. The molecule has 1 aliphatic heterocycles. The van der Waals surface area contributed by atoms with E-state index in [0.717, 1.165) is 24.7 Å². The van der Waals surface area contributed by atoms with Crippen LogP contribution in [-0.4, -0.2) is 48.5 Å². The maximum Gasteiger partial charge on any atom is 0.260 e. The van der Waals surface area contributed by atoms with Crippen molar-refractivity contribution in [3.05, 3.63) is 64.4 Å². The van der Waals surface area contributed by atoms with Crippen molar-refractivity contribution in [2.45, 2.75) is 13.5 Å². The Morgan fingerprint density at radius 1 is 1.12 bits per heavy atom. The van der Waals surface area contributed by atoms with Crippen LogP contribution in [0.3, 0.4) is 0 Å². The number of rotatable bonds is 5. The first-order valence-electron chi connectivity index (χ1n) is 8.65. The molecular weight excluding hydrogens is 355 g/mol. The molecule has 0 spiro atoms. The zero-order valence-electron chi connectivity index (χ0n) is 14.8. The summed E-state index contributed by atoms with van der Waals surface area (Å²) in [5.74, 6) is 0.193. The minimum absolute atomic E-state index is 0.0242. The number of hydrogen-bond acceptors (Lipinski definition) is 3.